The van der Waals surface area contributed by atoms with Gasteiger partial charge in [0.1, 0.15) is 4.71 Å². The Labute approximate surface area is 258 Å². The number of anilines is 1. The van der Waals surface area contributed by atoms with Crippen molar-refractivity contribution in [3.63, 3.8) is 0 Å². The van der Waals surface area contributed by atoms with E-state index >= 15 is 0 Å². The molecule has 0 fully saturated rings. The van der Waals surface area contributed by atoms with Gasteiger partial charge in [0.05, 0.1) is 0 Å². The maximum Gasteiger partial charge on any atom is 0.157 e. The number of allylic oxidation sites excluding steroid dienone is 7. The molecule has 0 saturated carbocycles. The first-order valence-electron chi connectivity index (χ1n) is 13.9. The number of benzene rings is 2. The zero-order valence-corrected chi connectivity index (χ0v) is 27.1. The Morgan fingerprint density at radius 1 is 1.17 bits per heavy atom. The van der Waals surface area contributed by atoms with E-state index < -0.39 is 0 Å². The first kappa shape index (κ1) is 31.1. The summed E-state index contributed by atoms with van der Waals surface area (Å²) in [4.78, 5) is 7.91. The number of thioether (sulfide) groups is 3. The van der Waals surface area contributed by atoms with Gasteiger partial charge in [0.2, 0.25) is 0 Å². The lowest BCUT2D eigenvalue weighted by Gasteiger charge is -2.23. The lowest BCUT2D eigenvalue weighted by atomic mass is 9.94. The molecule has 1 atom stereocenters. The molecular formula is C34H40N4S3. The van der Waals surface area contributed by atoms with Crippen molar-refractivity contribution in [3.05, 3.63) is 118 Å². The van der Waals surface area contributed by atoms with E-state index in [0.29, 0.717) is 0 Å². The summed E-state index contributed by atoms with van der Waals surface area (Å²) in [5.74, 6) is 0.936. The Balaban J connectivity index is 1.50. The van der Waals surface area contributed by atoms with Crippen LogP contribution >= 0.6 is 35.3 Å². The summed E-state index contributed by atoms with van der Waals surface area (Å²) in [5, 5.41) is 4.73. The van der Waals surface area contributed by atoms with E-state index in [4.69, 9.17) is 5.10 Å². The van der Waals surface area contributed by atoms with Gasteiger partial charge in [-0.05, 0) is 86.1 Å². The average Bonchev–Trinajstić information content (AvgIpc) is 3.45. The Hall–Kier alpha value is -2.87. The van der Waals surface area contributed by atoms with Crippen LogP contribution in [-0.4, -0.2) is 28.9 Å². The third-order valence-electron chi connectivity index (χ3n) is 7.16. The molecule has 0 saturated heterocycles. The average molecular weight is 601 g/mol. The normalized spacial score (nSPS) is 19.1. The molecule has 1 unspecified atom stereocenters. The fourth-order valence-electron chi connectivity index (χ4n) is 4.49. The predicted molar refractivity (Wildman–Crippen MR) is 188 cm³/mol. The number of aliphatic imine (C=N–C) groups is 1. The number of hydrazone groups is 1. The fraction of sp³-hybridized carbons (Fsp3) is 0.294. The highest BCUT2D eigenvalue weighted by molar-refractivity contribution is 8.43. The molecule has 2 aliphatic rings. The topological polar surface area (TPSA) is 40.0 Å². The quantitative estimate of drug-likeness (QED) is 0.275. The summed E-state index contributed by atoms with van der Waals surface area (Å²) in [6.07, 6.45) is 14.1. The molecule has 0 aromatic heterocycles. The fourth-order valence-corrected chi connectivity index (χ4v) is 8.08. The first-order chi connectivity index (χ1) is 19.9. The molecule has 214 valence electrons. The van der Waals surface area contributed by atoms with Crippen LogP contribution in [0.4, 0.5) is 5.69 Å². The number of aryl methyl sites for hydroxylation is 1. The Morgan fingerprint density at radius 2 is 1.95 bits per heavy atom. The molecule has 41 heavy (non-hydrogen) atoms. The van der Waals surface area contributed by atoms with Crippen molar-refractivity contribution < 1.29 is 0 Å². The smallest absolute Gasteiger partial charge is 0.157 e. The Morgan fingerprint density at radius 3 is 2.68 bits per heavy atom. The lowest BCUT2D eigenvalue weighted by molar-refractivity contribution is 0.793. The van der Waals surface area contributed by atoms with Crippen LogP contribution in [-0.2, 0) is 5.75 Å². The summed E-state index contributed by atoms with van der Waals surface area (Å²) < 4.78 is 1.27. The van der Waals surface area contributed by atoms with Crippen molar-refractivity contribution in [2.45, 2.75) is 50.5 Å². The van der Waals surface area contributed by atoms with E-state index in [0.717, 1.165) is 40.7 Å². The molecule has 0 bridgehead atoms. The van der Waals surface area contributed by atoms with Crippen LogP contribution in [0.15, 0.2) is 111 Å². The molecule has 1 aliphatic heterocycles. The van der Waals surface area contributed by atoms with Gasteiger partial charge in [-0.3, -0.25) is 10.4 Å². The molecule has 0 amide bonds. The van der Waals surface area contributed by atoms with Crippen LogP contribution in [0.5, 0.6) is 0 Å². The largest absolute Gasteiger partial charge is 0.348 e. The minimum atomic E-state index is 0.201. The van der Waals surface area contributed by atoms with Crippen molar-refractivity contribution in [2.24, 2.45) is 10.1 Å². The molecule has 1 N–H and O–H groups in total. The van der Waals surface area contributed by atoms with Crippen molar-refractivity contribution in [1.82, 2.24) is 5.43 Å². The third-order valence-corrected chi connectivity index (χ3v) is 10.9. The monoisotopic (exact) mass is 600 g/mol. The lowest BCUT2D eigenvalue weighted by Crippen LogP contribution is -2.15. The van der Waals surface area contributed by atoms with Gasteiger partial charge < -0.3 is 4.90 Å². The molecule has 4 rings (SSSR count). The van der Waals surface area contributed by atoms with Gasteiger partial charge >= 0.3 is 0 Å². The van der Waals surface area contributed by atoms with E-state index in [1.54, 1.807) is 11.8 Å². The zero-order chi connectivity index (χ0) is 29.2. The standard InChI is InChI=1S/C34H40N4S3/c1-7-27-17-19-28(20-18-27)23-39-33-36-37-34(41-33)40-32-29(21-15-25(3)35-5)12-10-13-30(32)22-16-26(4)38(6)31-14-9-8-11-24(31)2/h7-9,11,14-22,33,36H,1,10,12-13,23H2,2-6H3/b21-15+,26-16+,30-22+,35-25?. The maximum atomic E-state index is 4.73. The van der Waals surface area contributed by atoms with E-state index in [9.17, 15) is 0 Å². The Kier molecular flexibility index (Phi) is 11.7. The molecule has 4 nitrogen and oxygen atoms in total. The van der Waals surface area contributed by atoms with E-state index in [1.165, 1.54) is 38.6 Å². The summed E-state index contributed by atoms with van der Waals surface area (Å²) >= 11 is 5.48. The van der Waals surface area contributed by atoms with Crippen LogP contribution < -0.4 is 10.3 Å². The Bertz CT molecular complexity index is 1410. The second-order valence-electron chi connectivity index (χ2n) is 10.1. The van der Waals surface area contributed by atoms with Crippen molar-refractivity contribution in [1.29, 1.82) is 0 Å². The van der Waals surface area contributed by atoms with Crippen molar-refractivity contribution >= 4 is 57.1 Å². The molecule has 0 spiro atoms. The van der Waals surface area contributed by atoms with Gasteiger partial charge in [-0.1, -0.05) is 90.8 Å². The van der Waals surface area contributed by atoms with Gasteiger partial charge in [0.15, 0.2) is 4.38 Å². The van der Waals surface area contributed by atoms with Gasteiger partial charge in [0.25, 0.3) is 0 Å². The highest BCUT2D eigenvalue weighted by Gasteiger charge is 2.25. The molecule has 1 aliphatic carbocycles. The number of hydrogen-bond acceptors (Lipinski definition) is 7. The second-order valence-corrected chi connectivity index (χ2v) is 13.8. The summed E-state index contributed by atoms with van der Waals surface area (Å²) in [5.41, 5.74) is 13.3. The second kappa shape index (κ2) is 15.4. The molecule has 7 heteroatoms. The van der Waals surface area contributed by atoms with Gasteiger partial charge in [-0.25, -0.2) is 0 Å². The van der Waals surface area contributed by atoms with Crippen LogP contribution in [0.1, 0.15) is 49.8 Å². The number of hydrogen-bond donors (Lipinski definition) is 1. The maximum absolute atomic E-state index is 4.73. The molecular weight excluding hydrogens is 561 g/mol. The first-order valence-corrected chi connectivity index (χ1v) is 16.6. The SMILES string of the molecule is C=Cc1ccc(CSC2NN=C(SC3=C(/C=C/C(C)=NC)CCC/C3=C\C=C(/C)N(C)c3ccccc3C)S2)cc1. The minimum absolute atomic E-state index is 0.201. The van der Waals surface area contributed by atoms with E-state index in [-0.39, 0.29) is 4.71 Å². The van der Waals surface area contributed by atoms with Gasteiger partial charge in [-0.2, -0.15) is 5.10 Å². The molecule has 0 radical (unpaired) electrons. The van der Waals surface area contributed by atoms with Gasteiger partial charge in [0, 0.05) is 41.8 Å². The minimum Gasteiger partial charge on any atom is -0.348 e. The third kappa shape index (κ3) is 8.81. The van der Waals surface area contributed by atoms with E-state index in [2.05, 4.69) is 116 Å². The van der Waals surface area contributed by atoms with Crippen molar-refractivity contribution in [2.75, 3.05) is 19.0 Å². The molecule has 1 heterocycles. The van der Waals surface area contributed by atoms with Crippen LogP contribution in [0.3, 0.4) is 0 Å². The number of nitrogens with one attached hydrogen (secondary N) is 1. The predicted octanol–water partition coefficient (Wildman–Crippen LogP) is 9.55. The van der Waals surface area contributed by atoms with Crippen LogP contribution in [0.2, 0.25) is 0 Å². The number of nitrogens with zero attached hydrogens (tertiary/aromatic N) is 3. The summed E-state index contributed by atoms with van der Waals surface area (Å²) in [6, 6.07) is 17.1. The number of para-hydroxylation sites is 1. The van der Waals surface area contributed by atoms with Gasteiger partial charge in [-0.15, -0.1) is 11.8 Å². The summed E-state index contributed by atoms with van der Waals surface area (Å²) in [7, 11) is 3.98. The van der Waals surface area contributed by atoms with Crippen molar-refractivity contribution in [3.8, 4) is 0 Å². The highest BCUT2D eigenvalue weighted by Crippen LogP contribution is 2.43. The molecule has 2 aromatic rings. The highest BCUT2D eigenvalue weighted by atomic mass is 32.2. The summed E-state index contributed by atoms with van der Waals surface area (Å²) in [6.45, 7) is 10.2. The van der Waals surface area contributed by atoms with E-state index in [1.807, 2.05) is 43.6 Å². The van der Waals surface area contributed by atoms with Crippen LogP contribution in [0, 0.1) is 6.92 Å². The molecule has 2 aromatic carbocycles. The van der Waals surface area contributed by atoms with Crippen LogP contribution in [0.25, 0.3) is 6.08 Å². The zero-order valence-electron chi connectivity index (χ0n) is 24.7. The number of rotatable bonds is 10.